The number of fused-ring (bicyclic) bond motifs is 2. The maximum atomic E-state index is 5.53. The van der Waals surface area contributed by atoms with Gasteiger partial charge < -0.3 is 9.88 Å². The Bertz CT molecular complexity index is 549. The number of piperidine rings is 1. The molecule has 1 N–H and O–H groups in total. The third-order valence-electron chi connectivity index (χ3n) is 5.23. The highest BCUT2D eigenvalue weighted by atomic mass is 32.1. The first-order valence-corrected chi connectivity index (χ1v) is 8.20. The number of hydrogen-bond acceptors (Lipinski definition) is 3. The second-order valence-electron chi connectivity index (χ2n) is 6.84. The van der Waals surface area contributed by atoms with E-state index < -0.39 is 0 Å². The van der Waals surface area contributed by atoms with Crippen molar-refractivity contribution < 1.29 is 0 Å². The van der Waals surface area contributed by atoms with Gasteiger partial charge in [0, 0.05) is 29.3 Å². The summed E-state index contributed by atoms with van der Waals surface area (Å²) in [6.07, 6.45) is 5.15. The molecule has 0 aromatic carbocycles. The van der Waals surface area contributed by atoms with E-state index in [0.29, 0.717) is 11.8 Å². The molecule has 1 aromatic rings. The average molecular weight is 291 g/mol. The van der Waals surface area contributed by atoms with Crippen LogP contribution >= 0.6 is 12.2 Å². The van der Waals surface area contributed by atoms with Crippen molar-refractivity contribution >= 4 is 12.2 Å². The normalized spacial score (nSPS) is 30.1. The Hall–Kier alpha value is -0.740. The Kier molecular flexibility index (Phi) is 3.71. The Morgan fingerprint density at radius 2 is 1.85 bits per heavy atom. The predicted molar refractivity (Wildman–Crippen MR) is 84.8 cm³/mol. The quantitative estimate of drug-likeness (QED) is 0.838. The molecule has 0 radical (unpaired) electrons. The number of aryl methyl sites for hydroxylation is 1. The molecule has 2 aliphatic rings. The van der Waals surface area contributed by atoms with Crippen LogP contribution in [0.3, 0.4) is 0 Å². The average Bonchev–Trinajstić information content (AvgIpc) is 2.61. The molecule has 2 aliphatic heterocycles. The summed E-state index contributed by atoms with van der Waals surface area (Å²) in [5, 5.41) is 0. The minimum atomic E-state index is 0.439. The lowest BCUT2D eigenvalue weighted by molar-refractivity contribution is 0.158. The summed E-state index contributed by atoms with van der Waals surface area (Å²) in [5.41, 5.74) is 2.42. The van der Waals surface area contributed by atoms with Gasteiger partial charge in [-0.2, -0.15) is 0 Å². The highest BCUT2D eigenvalue weighted by Crippen LogP contribution is 2.41. The fourth-order valence-corrected chi connectivity index (χ4v) is 4.61. The first-order valence-electron chi connectivity index (χ1n) is 7.80. The van der Waals surface area contributed by atoms with Gasteiger partial charge in [-0.25, -0.2) is 4.98 Å². The molecule has 0 saturated carbocycles. The van der Waals surface area contributed by atoms with Gasteiger partial charge in [-0.05, 0) is 45.6 Å². The van der Waals surface area contributed by atoms with Gasteiger partial charge in [-0.15, -0.1) is 0 Å². The number of aromatic amines is 1. The third-order valence-corrected chi connectivity index (χ3v) is 5.55. The molecule has 3 rings (SSSR count). The van der Waals surface area contributed by atoms with Crippen molar-refractivity contribution in [3.63, 3.8) is 0 Å². The maximum Gasteiger partial charge on any atom is 0.133 e. The number of H-pyrrole nitrogens is 1. The van der Waals surface area contributed by atoms with E-state index in [1.165, 1.54) is 36.9 Å². The van der Waals surface area contributed by atoms with Crippen LogP contribution in [-0.4, -0.2) is 34.0 Å². The first kappa shape index (κ1) is 14.2. The summed E-state index contributed by atoms with van der Waals surface area (Å²) < 4.78 is 0.803. The molecule has 0 spiro atoms. The van der Waals surface area contributed by atoms with Crippen LogP contribution < -0.4 is 0 Å². The van der Waals surface area contributed by atoms with Gasteiger partial charge in [0.05, 0.1) is 0 Å². The largest absolute Gasteiger partial charge is 0.347 e. The van der Waals surface area contributed by atoms with E-state index in [9.17, 15) is 0 Å². The summed E-state index contributed by atoms with van der Waals surface area (Å²) in [4.78, 5) is 10.9. The molecule has 20 heavy (non-hydrogen) atoms. The Labute approximate surface area is 126 Å². The van der Waals surface area contributed by atoms with Crippen molar-refractivity contribution in [2.75, 3.05) is 7.05 Å². The van der Waals surface area contributed by atoms with Gasteiger partial charge in [0.2, 0.25) is 0 Å². The summed E-state index contributed by atoms with van der Waals surface area (Å²) in [6, 6.07) is 1.49. The lowest BCUT2D eigenvalue weighted by Gasteiger charge is -2.36. The highest BCUT2D eigenvalue weighted by molar-refractivity contribution is 7.71. The van der Waals surface area contributed by atoms with Crippen LogP contribution in [0.1, 0.15) is 68.4 Å². The zero-order valence-corrected chi connectivity index (χ0v) is 13.8. The molecule has 4 heteroatoms. The predicted octanol–water partition coefficient (Wildman–Crippen LogP) is 3.91. The molecule has 110 valence electrons. The summed E-state index contributed by atoms with van der Waals surface area (Å²) in [5.74, 6) is 2.13. The molecule has 2 unspecified atom stereocenters. The molecular weight excluding hydrogens is 266 g/mol. The van der Waals surface area contributed by atoms with Crippen molar-refractivity contribution in [1.29, 1.82) is 0 Å². The van der Waals surface area contributed by atoms with Crippen molar-refractivity contribution in [2.24, 2.45) is 0 Å². The van der Waals surface area contributed by atoms with Gasteiger partial charge in [-0.3, -0.25) is 0 Å². The van der Waals surface area contributed by atoms with Crippen LogP contribution in [0.25, 0.3) is 0 Å². The summed E-state index contributed by atoms with van der Waals surface area (Å²) >= 11 is 5.53. The summed E-state index contributed by atoms with van der Waals surface area (Å²) in [7, 11) is 2.28. The van der Waals surface area contributed by atoms with Gasteiger partial charge in [-0.1, -0.05) is 26.1 Å². The second-order valence-corrected chi connectivity index (χ2v) is 7.23. The minimum absolute atomic E-state index is 0.439. The van der Waals surface area contributed by atoms with Crippen molar-refractivity contribution in [3.05, 3.63) is 21.7 Å². The van der Waals surface area contributed by atoms with E-state index in [-0.39, 0.29) is 0 Å². The zero-order valence-electron chi connectivity index (χ0n) is 12.9. The molecule has 2 bridgehead atoms. The molecule has 0 aliphatic carbocycles. The van der Waals surface area contributed by atoms with Crippen LogP contribution in [0.2, 0.25) is 0 Å². The lowest BCUT2D eigenvalue weighted by Crippen LogP contribution is -2.39. The fourth-order valence-electron chi connectivity index (χ4n) is 4.13. The van der Waals surface area contributed by atoms with Crippen LogP contribution in [0.4, 0.5) is 0 Å². The van der Waals surface area contributed by atoms with E-state index in [4.69, 9.17) is 17.2 Å². The Balaban J connectivity index is 1.91. The number of aromatic nitrogens is 2. The molecule has 0 amide bonds. The highest BCUT2D eigenvalue weighted by Gasteiger charge is 2.39. The maximum absolute atomic E-state index is 5.53. The number of rotatable bonds is 2. The molecule has 3 nitrogen and oxygen atoms in total. The van der Waals surface area contributed by atoms with E-state index in [0.717, 1.165) is 22.5 Å². The SMILES string of the molecule is Cc1[nH]c(C2CC3CCC(C2)N3C)nc(=S)c1C(C)C. The van der Waals surface area contributed by atoms with Crippen LogP contribution in [0.5, 0.6) is 0 Å². The van der Waals surface area contributed by atoms with Crippen LogP contribution in [-0.2, 0) is 0 Å². The standard InChI is InChI=1S/C16H25N3S/c1-9(2)14-10(3)17-15(18-16(14)20)11-7-12-5-6-13(8-11)19(12)4/h9,11-13H,5-8H2,1-4H3,(H,17,18,20). The van der Waals surface area contributed by atoms with Crippen molar-refractivity contribution in [2.45, 2.75) is 70.4 Å². The molecule has 2 fully saturated rings. The summed E-state index contributed by atoms with van der Waals surface area (Å²) in [6.45, 7) is 6.51. The van der Waals surface area contributed by atoms with E-state index in [2.05, 4.69) is 37.7 Å². The number of nitrogens with one attached hydrogen (secondary N) is 1. The topological polar surface area (TPSA) is 31.9 Å². The van der Waals surface area contributed by atoms with E-state index >= 15 is 0 Å². The van der Waals surface area contributed by atoms with Gasteiger partial charge in [0.25, 0.3) is 0 Å². The van der Waals surface area contributed by atoms with Gasteiger partial charge >= 0.3 is 0 Å². The fraction of sp³-hybridized carbons (Fsp3) is 0.750. The third kappa shape index (κ3) is 2.33. The Morgan fingerprint density at radius 1 is 1.25 bits per heavy atom. The Morgan fingerprint density at radius 3 is 2.35 bits per heavy atom. The van der Waals surface area contributed by atoms with Crippen molar-refractivity contribution in [3.8, 4) is 0 Å². The van der Waals surface area contributed by atoms with Crippen LogP contribution in [0, 0.1) is 11.6 Å². The zero-order chi connectivity index (χ0) is 14.4. The van der Waals surface area contributed by atoms with E-state index in [1.54, 1.807) is 0 Å². The monoisotopic (exact) mass is 291 g/mol. The van der Waals surface area contributed by atoms with E-state index in [1.807, 2.05) is 0 Å². The smallest absolute Gasteiger partial charge is 0.133 e. The molecular formula is C16H25N3S. The van der Waals surface area contributed by atoms with Crippen molar-refractivity contribution in [1.82, 2.24) is 14.9 Å². The number of nitrogens with zero attached hydrogens (tertiary/aromatic N) is 2. The molecule has 2 saturated heterocycles. The van der Waals surface area contributed by atoms with Gasteiger partial charge in [0.15, 0.2) is 0 Å². The van der Waals surface area contributed by atoms with Crippen LogP contribution in [0.15, 0.2) is 0 Å². The molecule has 1 aromatic heterocycles. The lowest BCUT2D eigenvalue weighted by atomic mass is 9.90. The molecule has 3 heterocycles. The number of hydrogen-bond donors (Lipinski definition) is 1. The molecule has 2 atom stereocenters. The second kappa shape index (κ2) is 5.23. The minimum Gasteiger partial charge on any atom is -0.347 e. The first-order chi connectivity index (χ1) is 9.47. The van der Waals surface area contributed by atoms with Gasteiger partial charge in [0.1, 0.15) is 10.5 Å².